The molecule has 0 fully saturated rings. The molecular formula is C16H14Cl2N4OS. The van der Waals surface area contributed by atoms with Gasteiger partial charge in [-0.3, -0.25) is 14.8 Å². The van der Waals surface area contributed by atoms with Gasteiger partial charge in [-0.1, -0.05) is 23.2 Å². The summed E-state index contributed by atoms with van der Waals surface area (Å²) in [4.78, 5) is 16.7. The van der Waals surface area contributed by atoms with Crippen molar-refractivity contribution in [3.8, 4) is 11.3 Å². The summed E-state index contributed by atoms with van der Waals surface area (Å²) in [7, 11) is 0. The van der Waals surface area contributed by atoms with Crippen LogP contribution >= 0.6 is 34.5 Å². The van der Waals surface area contributed by atoms with E-state index >= 15 is 0 Å². The number of benzene rings is 1. The number of thiazole rings is 1. The minimum atomic E-state index is -0.289. The number of aryl methyl sites for hydroxylation is 2. The highest BCUT2D eigenvalue weighted by Gasteiger charge is 2.15. The summed E-state index contributed by atoms with van der Waals surface area (Å²) in [5, 5.41) is 10.5. The molecule has 5 nitrogen and oxygen atoms in total. The number of hydrogen-bond donors (Lipinski definition) is 1. The number of anilines is 1. The van der Waals surface area contributed by atoms with Crippen LogP contribution in [0.3, 0.4) is 0 Å². The van der Waals surface area contributed by atoms with Gasteiger partial charge < -0.3 is 0 Å². The summed E-state index contributed by atoms with van der Waals surface area (Å²) in [5.41, 5.74) is 2.70. The molecule has 0 aliphatic carbocycles. The molecule has 0 radical (unpaired) electrons. The first-order valence-corrected chi connectivity index (χ1v) is 8.88. The van der Waals surface area contributed by atoms with Crippen LogP contribution < -0.4 is 5.32 Å². The number of carbonyl (C=O) groups excluding carboxylic acids is 1. The second-order valence-electron chi connectivity index (χ2n) is 5.10. The summed E-state index contributed by atoms with van der Waals surface area (Å²) in [6.45, 7) is 4.60. The molecule has 3 rings (SSSR count). The number of rotatable bonds is 4. The Hall–Kier alpha value is -1.89. The van der Waals surface area contributed by atoms with Gasteiger partial charge in [0.05, 0.1) is 10.7 Å². The maximum atomic E-state index is 12.3. The highest BCUT2D eigenvalue weighted by molar-refractivity contribution is 7.14. The number of amides is 1. The Bertz CT molecular complexity index is 903. The summed E-state index contributed by atoms with van der Waals surface area (Å²) in [6.07, 6.45) is 0. The van der Waals surface area contributed by atoms with Crippen LogP contribution in [0.15, 0.2) is 29.6 Å². The predicted molar refractivity (Wildman–Crippen MR) is 98.2 cm³/mol. The van der Waals surface area contributed by atoms with Gasteiger partial charge in [-0.2, -0.15) is 5.10 Å². The van der Waals surface area contributed by atoms with Gasteiger partial charge in [-0.15, -0.1) is 11.3 Å². The molecule has 0 spiro atoms. The van der Waals surface area contributed by atoms with Gasteiger partial charge in [0.2, 0.25) is 0 Å². The first-order chi connectivity index (χ1) is 11.5. The molecule has 0 saturated heterocycles. The summed E-state index contributed by atoms with van der Waals surface area (Å²) < 4.78 is 1.77. The van der Waals surface area contributed by atoms with E-state index in [9.17, 15) is 4.79 Å². The maximum absolute atomic E-state index is 12.3. The predicted octanol–water partition coefficient (Wildman–Crippen LogP) is 4.89. The van der Waals surface area contributed by atoms with Crippen molar-refractivity contribution < 1.29 is 4.79 Å². The summed E-state index contributed by atoms with van der Waals surface area (Å²) >= 11 is 13.5. The van der Waals surface area contributed by atoms with Crippen molar-refractivity contribution in [2.75, 3.05) is 5.32 Å². The Labute approximate surface area is 153 Å². The molecule has 0 bridgehead atoms. The largest absolute Gasteiger partial charge is 0.296 e. The molecule has 24 heavy (non-hydrogen) atoms. The van der Waals surface area contributed by atoms with E-state index in [0.717, 1.165) is 11.3 Å². The van der Waals surface area contributed by atoms with Crippen LogP contribution in [0, 0.1) is 6.92 Å². The van der Waals surface area contributed by atoms with Crippen molar-refractivity contribution in [2.24, 2.45) is 0 Å². The average molecular weight is 381 g/mol. The molecule has 2 heterocycles. The fraction of sp³-hybridized carbons (Fsp3) is 0.188. The zero-order valence-corrected chi connectivity index (χ0v) is 15.3. The van der Waals surface area contributed by atoms with Crippen molar-refractivity contribution >= 4 is 45.6 Å². The molecule has 3 aromatic rings. The Kier molecular flexibility index (Phi) is 4.89. The summed E-state index contributed by atoms with van der Waals surface area (Å²) in [6, 6.07) is 6.93. The molecule has 1 amide bonds. The standard InChI is InChI=1S/C16H14Cl2N4OS/c1-3-22-9(2)6-13(21-22)15(23)20-16-19-14(8-24-16)11-7-10(17)4-5-12(11)18/h4-8H,3H2,1-2H3,(H,19,20,23). The highest BCUT2D eigenvalue weighted by atomic mass is 35.5. The molecule has 0 aliphatic heterocycles. The topological polar surface area (TPSA) is 59.8 Å². The number of halogens is 2. The van der Waals surface area contributed by atoms with Crippen molar-refractivity contribution in [1.82, 2.24) is 14.8 Å². The number of hydrogen-bond acceptors (Lipinski definition) is 4. The van der Waals surface area contributed by atoms with Crippen LogP contribution in [-0.2, 0) is 6.54 Å². The lowest BCUT2D eigenvalue weighted by Gasteiger charge is -2.01. The molecule has 0 atom stereocenters. The van der Waals surface area contributed by atoms with Gasteiger partial charge >= 0.3 is 0 Å². The fourth-order valence-electron chi connectivity index (χ4n) is 2.25. The van der Waals surface area contributed by atoms with Gasteiger partial charge in [0, 0.05) is 28.2 Å². The molecule has 0 aliphatic rings. The van der Waals surface area contributed by atoms with Gasteiger partial charge in [-0.05, 0) is 38.1 Å². The quantitative estimate of drug-likeness (QED) is 0.700. The lowest BCUT2D eigenvalue weighted by molar-refractivity contribution is 0.102. The highest BCUT2D eigenvalue weighted by Crippen LogP contribution is 2.32. The monoisotopic (exact) mass is 380 g/mol. The van der Waals surface area contributed by atoms with E-state index in [1.54, 1.807) is 28.9 Å². The van der Waals surface area contributed by atoms with E-state index in [4.69, 9.17) is 23.2 Å². The normalized spacial score (nSPS) is 10.8. The van der Waals surface area contributed by atoms with Crippen LogP contribution in [0.4, 0.5) is 5.13 Å². The lowest BCUT2D eigenvalue weighted by Crippen LogP contribution is -2.13. The van der Waals surface area contributed by atoms with Gasteiger partial charge in [0.15, 0.2) is 10.8 Å². The van der Waals surface area contributed by atoms with Crippen LogP contribution in [0.5, 0.6) is 0 Å². The molecule has 1 N–H and O–H groups in total. The third-order valence-corrected chi connectivity index (χ3v) is 4.76. The lowest BCUT2D eigenvalue weighted by atomic mass is 10.2. The van der Waals surface area contributed by atoms with E-state index < -0.39 is 0 Å². The van der Waals surface area contributed by atoms with Crippen LogP contribution in [0.2, 0.25) is 10.0 Å². The fourth-order valence-corrected chi connectivity index (χ4v) is 3.34. The van der Waals surface area contributed by atoms with Gasteiger partial charge in [0.1, 0.15) is 0 Å². The van der Waals surface area contributed by atoms with Crippen LogP contribution in [-0.4, -0.2) is 20.7 Å². The molecular weight excluding hydrogens is 367 g/mol. The molecule has 0 unspecified atom stereocenters. The average Bonchev–Trinajstić information content (AvgIpc) is 3.16. The Morgan fingerprint density at radius 2 is 2.12 bits per heavy atom. The van der Waals surface area contributed by atoms with Crippen molar-refractivity contribution in [1.29, 1.82) is 0 Å². The second kappa shape index (κ2) is 6.93. The van der Waals surface area contributed by atoms with Crippen LogP contribution in [0.1, 0.15) is 23.1 Å². The SMILES string of the molecule is CCn1nc(C(=O)Nc2nc(-c3cc(Cl)ccc3Cl)cs2)cc1C. The van der Waals surface area contributed by atoms with Crippen LogP contribution in [0.25, 0.3) is 11.3 Å². The second-order valence-corrected chi connectivity index (χ2v) is 6.80. The number of nitrogens with zero attached hydrogens (tertiary/aromatic N) is 3. The minimum Gasteiger partial charge on any atom is -0.296 e. The zero-order valence-electron chi connectivity index (χ0n) is 13.0. The molecule has 2 aromatic heterocycles. The smallest absolute Gasteiger partial charge is 0.277 e. The van der Waals surface area contributed by atoms with Gasteiger partial charge in [-0.25, -0.2) is 4.98 Å². The first kappa shape index (κ1) is 17.0. The molecule has 124 valence electrons. The van der Waals surface area contributed by atoms with E-state index in [2.05, 4.69) is 15.4 Å². The molecule has 0 saturated carbocycles. The first-order valence-electron chi connectivity index (χ1n) is 7.24. The van der Waals surface area contributed by atoms with E-state index in [-0.39, 0.29) is 5.91 Å². The number of carbonyl (C=O) groups is 1. The zero-order chi connectivity index (χ0) is 17.3. The Morgan fingerprint density at radius 1 is 1.33 bits per heavy atom. The third-order valence-electron chi connectivity index (χ3n) is 3.44. The summed E-state index contributed by atoms with van der Waals surface area (Å²) in [5.74, 6) is -0.289. The molecule has 1 aromatic carbocycles. The Balaban J connectivity index is 1.80. The van der Waals surface area contributed by atoms with E-state index in [0.29, 0.717) is 33.1 Å². The maximum Gasteiger partial charge on any atom is 0.277 e. The Morgan fingerprint density at radius 3 is 2.83 bits per heavy atom. The van der Waals surface area contributed by atoms with E-state index in [1.165, 1.54) is 11.3 Å². The number of nitrogens with one attached hydrogen (secondary N) is 1. The minimum absolute atomic E-state index is 0.289. The molecule has 8 heteroatoms. The van der Waals surface area contributed by atoms with Crippen molar-refractivity contribution in [3.63, 3.8) is 0 Å². The van der Waals surface area contributed by atoms with Crippen molar-refractivity contribution in [2.45, 2.75) is 20.4 Å². The third kappa shape index (κ3) is 3.45. The van der Waals surface area contributed by atoms with E-state index in [1.807, 2.05) is 19.2 Å². The number of aromatic nitrogens is 3. The van der Waals surface area contributed by atoms with Gasteiger partial charge in [0.25, 0.3) is 5.91 Å². The van der Waals surface area contributed by atoms with Crippen molar-refractivity contribution in [3.05, 3.63) is 51.1 Å².